The number of aliphatic hydroxyl groups excluding tert-OH is 1. The number of methoxy groups -OCH3 is 1. The summed E-state index contributed by atoms with van der Waals surface area (Å²) >= 11 is 0. The first-order valence-electron chi connectivity index (χ1n) is 12.0. The van der Waals surface area contributed by atoms with Crippen molar-refractivity contribution in [2.45, 2.75) is 0 Å². The van der Waals surface area contributed by atoms with Crippen molar-refractivity contribution in [1.82, 2.24) is 14.9 Å². The molecule has 1 aliphatic heterocycles. The van der Waals surface area contributed by atoms with Gasteiger partial charge in [-0.25, -0.2) is 9.97 Å². The lowest BCUT2D eigenvalue weighted by molar-refractivity contribution is -0.104. The quantitative estimate of drug-likeness (QED) is 0.249. The van der Waals surface area contributed by atoms with Gasteiger partial charge in [0, 0.05) is 64.3 Å². The van der Waals surface area contributed by atoms with Gasteiger partial charge >= 0.3 is 0 Å². The lowest BCUT2D eigenvalue weighted by atomic mass is 10.2. The van der Waals surface area contributed by atoms with E-state index >= 15 is 0 Å². The number of likely N-dealkylation sites (N-methyl/N-ethyl adjacent to an activating group) is 1. The maximum absolute atomic E-state index is 11.1. The third-order valence-corrected chi connectivity index (χ3v) is 5.98. The second-order valence-corrected chi connectivity index (χ2v) is 8.37. The molecule has 0 radical (unpaired) electrons. The number of rotatable bonds is 13. The number of anilines is 2. The molecule has 196 valence electrons. The minimum absolute atomic E-state index is 0.139. The molecule has 0 atom stereocenters. The van der Waals surface area contributed by atoms with E-state index in [2.05, 4.69) is 38.2 Å². The molecule has 0 bridgehead atoms. The summed E-state index contributed by atoms with van der Waals surface area (Å²) in [6.45, 7) is 12.0. The molecule has 1 aromatic heterocycles. The van der Waals surface area contributed by atoms with Gasteiger partial charge in [-0.1, -0.05) is 0 Å². The molecule has 3 rings (SSSR count). The van der Waals surface area contributed by atoms with Crippen LogP contribution >= 0.6 is 0 Å². The molecule has 1 N–H and O–H groups in total. The fraction of sp³-hybridized carbons (Fsp3) is 0.385. The van der Waals surface area contributed by atoms with Crippen molar-refractivity contribution in [3.63, 3.8) is 0 Å². The maximum atomic E-state index is 11.1. The summed E-state index contributed by atoms with van der Waals surface area (Å²) in [4.78, 5) is 39.5. The van der Waals surface area contributed by atoms with Crippen molar-refractivity contribution in [2.24, 2.45) is 15.0 Å². The molecule has 0 saturated carbocycles. The number of hydrogen-bond donors (Lipinski definition) is 1. The van der Waals surface area contributed by atoms with Gasteiger partial charge in [0.15, 0.2) is 23.7 Å². The lowest BCUT2D eigenvalue weighted by Crippen LogP contribution is -2.47. The molecule has 11 heteroatoms. The van der Waals surface area contributed by atoms with E-state index < -0.39 is 0 Å². The van der Waals surface area contributed by atoms with Gasteiger partial charge in [0.05, 0.1) is 25.8 Å². The van der Waals surface area contributed by atoms with E-state index in [1.54, 1.807) is 7.11 Å². The summed E-state index contributed by atoms with van der Waals surface area (Å²) in [5, 5.41) is 9.29. The van der Waals surface area contributed by atoms with Crippen LogP contribution in [0.4, 0.5) is 17.3 Å². The van der Waals surface area contributed by atoms with Crippen LogP contribution in [0.3, 0.4) is 0 Å². The summed E-state index contributed by atoms with van der Waals surface area (Å²) in [7, 11) is 3.54. The minimum Gasteiger partial charge on any atom is -0.497 e. The standard InChI is InChI=1S/C26H34N8O3/c1-27-17-20(19-36)18-29-9-10-32(3)25-23(28-2)26(34-13-11-33(12-14-34)15-16-35)31-24(30-25)21-5-7-22(37-4)8-6-21/h5-8,17-19,35H,1-2,9-16H2,3-4H3/b20-17+,29-18?. The van der Waals surface area contributed by atoms with E-state index in [1.165, 1.54) is 12.4 Å². The van der Waals surface area contributed by atoms with E-state index in [0.717, 1.165) is 37.5 Å². The molecule has 37 heavy (non-hydrogen) atoms. The van der Waals surface area contributed by atoms with E-state index in [1.807, 2.05) is 36.2 Å². The number of hydrogen-bond acceptors (Lipinski definition) is 11. The smallest absolute Gasteiger partial charge is 0.164 e. The third kappa shape index (κ3) is 7.28. The van der Waals surface area contributed by atoms with E-state index in [9.17, 15) is 9.90 Å². The monoisotopic (exact) mass is 506 g/mol. The normalized spacial score (nSPS) is 14.6. The number of piperazine rings is 1. The summed E-state index contributed by atoms with van der Waals surface area (Å²) in [6.07, 6.45) is 3.51. The third-order valence-electron chi connectivity index (χ3n) is 5.98. The first kappa shape index (κ1) is 27.6. The molecule has 0 amide bonds. The van der Waals surface area contributed by atoms with Gasteiger partial charge in [-0.15, -0.1) is 0 Å². The molecule has 11 nitrogen and oxygen atoms in total. The second-order valence-electron chi connectivity index (χ2n) is 8.37. The molecule has 0 aliphatic carbocycles. The largest absolute Gasteiger partial charge is 0.497 e. The Bertz CT molecular complexity index is 1130. The Balaban J connectivity index is 1.94. The average Bonchev–Trinajstić information content (AvgIpc) is 2.94. The first-order valence-corrected chi connectivity index (χ1v) is 12.0. The molecule has 1 aliphatic rings. The van der Waals surface area contributed by atoms with E-state index in [0.29, 0.717) is 54.6 Å². The Labute approximate surface area is 217 Å². The number of aliphatic hydroxyl groups is 1. The Morgan fingerprint density at radius 1 is 1.19 bits per heavy atom. The SMILES string of the molecule is C=N/C=C(/C=O)C=NCCN(C)c1nc(-c2ccc(OC)cc2)nc(N2CCN(CCO)CC2)c1N=C. The number of benzene rings is 1. The van der Waals surface area contributed by atoms with Crippen LogP contribution < -0.4 is 14.5 Å². The molecule has 1 fully saturated rings. The fourth-order valence-corrected chi connectivity index (χ4v) is 3.94. The van der Waals surface area contributed by atoms with Gasteiger partial charge in [0.2, 0.25) is 0 Å². The van der Waals surface area contributed by atoms with Crippen LogP contribution in [0.1, 0.15) is 0 Å². The van der Waals surface area contributed by atoms with Crippen LogP contribution in [0.5, 0.6) is 5.75 Å². The van der Waals surface area contributed by atoms with Crippen molar-refractivity contribution in [3.05, 3.63) is 36.0 Å². The van der Waals surface area contributed by atoms with Crippen LogP contribution in [0.25, 0.3) is 11.4 Å². The van der Waals surface area contributed by atoms with E-state index in [-0.39, 0.29) is 6.61 Å². The molecule has 0 spiro atoms. The van der Waals surface area contributed by atoms with Crippen LogP contribution in [-0.4, -0.2) is 112 Å². The van der Waals surface area contributed by atoms with Crippen molar-refractivity contribution in [1.29, 1.82) is 0 Å². The highest BCUT2D eigenvalue weighted by molar-refractivity contribution is 6.01. The summed E-state index contributed by atoms with van der Waals surface area (Å²) in [6, 6.07) is 7.60. The predicted octanol–water partition coefficient (Wildman–Crippen LogP) is 1.89. The van der Waals surface area contributed by atoms with Crippen LogP contribution in [0, 0.1) is 0 Å². The first-order chi connectivity index (χ1) is 18.0. The number of ether oxygens (including phenoxy) is 1. The highest BCUT2D eigenvalue weighted by atomic mass is 16.5. The molecular weight excluding hydrogens is 472 g/mol. The highest BCUT2D eigenvalue weighted by Crippen LogP contribution is 2.37. The van der Waals surface area contributed by atoms with Crippen molar-refractivity contribution >= 4 is 43.3 Å². The molecule has 1 saturated heterocycles. The van der Waals surface area contributed by atoms with Crippen molar-refractivity contribution in [2.75, 3.05) is 76.4 Å². The number of aliphatic imine (C=N–C) groups is 3. The highest BCUT2D eigenvalue weighted by Gasteiger charge is 2.25. The van der Waals surface area contributed by atoms with Crippen LogP contribution in [0.2, 0.25) is 0 Å². The summed E-state index contributed by atoms with van der Waals surface area (Å²) in [5.41, 5.74) is 1.79. The van der Waals surface area contributed by atoms with Gasteiger partial charge < -0.3 is 19.6 Å². The summed E-state index contributed by atoms with van der Waals surface area (Å²) < 4.78 is 5.30. The van der Waals surface area contributed by atoms with Crippen LogP contribution in [0.15, 0.2) is 51.0 Å². The van der Waals surface area contributed by atoms with Gasteiger partial charge in [-0.3, -0.25) is 24.7 Å². The molecule has 2 aromatic rings. The van der Waals surface area contributed by atoms with Crippen LogP contribution in [-0.2, 0) is 4.79 Å². The number of nitrogens with zero attached hydrogens (tertiary/aromatic N) is 8. The zero-order chi connectivity index (χ0) is 26.6. The number of carbonyl (C=O) groups excluding carboxylic acids is 1. The second kappa shape index (κ2) is 14.0. The number of allylic oxidation sites excluding steroid dienone is 1. The zero-order valence-corrected chi connectivity index (χ0v) is 21.5. The van der Waals surface area contributed by atoms with Gasteiger partial charge in [-0.05, 0) is 37.7 Å². The summed E-state index contributed by atoms with van der Waals surface area (Å²) in [5.74, 6) is 2.67. The number of aromatic nitrogens is 2. The fourth-order valence-electron chi connectivity index (χ4n) is 3.94. The number of carbonyl (C=O) groups is 1. The van der Waals surface area contributed by atoms with Gasteiger partial charge in [0.1, 0.15) is 11.4 Å². The van der Waals surface area contributed by atoms with Crippen molar-refractivity contribution < 1.29 is 14.6 Å². The molecular formula is C26H34N8O3. The zero-order valence-electron chi connectivity index (χ0n) is 21.5. The Morgan fingerprint density at radius 3 is 2.51 bits per heavy atom. The van der Waals surface area contributed by atoms with E-state index in [4.69, 9.17) is 14.7 Å². The minimum atomic E-state index is 0.139. The molecule has 1 aromatic carbocycles. The maximum Gasteiger partial charge on any atom is 0.164 e. The lowest BCUT2D eigenvalue weighted by Gasteiger charge is -2.36. The average molecular weight is 507 g/mol. The van der Waals surface area contributed by atoms with Gasteiger partial charge in [0.25, 0.3) is 0 Å². The Kier molecular flexibility index (Phi) is 10.4. The molecule has 2 heterocycles. The van der Waals surface area contributed by atoms with Gasteiger partial charge in [-0.2, -0.15) is 0 Å². The predicted molar refractivity (Wildman–Crippen MR) is 149 cm³/mol. The van der Waals surface area contributed by atoms with Crippen molar-refractivity contribution in [3.8, 4) is 17.1 Å². The Morgan fingerprint density at radius 2 is 1.92 bits per heavy atom. The number of aldehydes is 1. The Hall–Kier alpha value is -3.96. The molecule has 0 unspecified atom stereocenters. The topological polar surface area (TPSA) is 119 Å². The number of β-amino-alcohol motifs (C(OH)–C–C–N with tert-alkyl or cyclic N) is 1.